The van der Waals surface area contributed by atoms with Gasteiger partial charge in [0.2, 0.25) is 29.0 Å². The second kappa shape index (κ2) is 21.2. The normalized spacial score (nSPS) is 19.1. The zero-order valence-corrected chi connectivity index (χ0v) is 33.5. The van der Waals surface area contributed by atoms with Crippen LogP contribution < -0.4 is 37.9 Å². The van der Waals surface area contributed by atoms with Crippen molar-refractivity contribution in [2.24, 2.45) is 17.1 Å². The van der Waals surface area contributed by atoms with Crippen LogP contribution in [0.3, 0.4) is 0 Å². The molecule has 1 heterocycles. The van der Waals surface area contributed by atoms with Gasteiger partial charge in [0.15, 0.2) is 6.29 Å². The van der Waals surface area contributed by atoms with Gasteiger partial charge < -0.3 is 31.9 Å². The molecule has 1 aliphatic heterocycles. The van der Waals surface area contributed by atoms with E-state index in [1.807, 2.05) is 46.4 Å². The second-order valence-corrected chi connectivity index (χ2v) is 16.5. The van der Waals surface area contributed by atoms with Gasteiger partial charge in [-0.05, 0) is 62.8 Å². The van der Waals surface area contributed by atoms with E-state index >= 15 is 0 Å². The first-order valence-electron chi connectivity index (χ1n) is 19.1. The summed E-state index contributed by atoms with van der Waals surface area (Å²) < 4.78 is 0. The summed E-state index contributed by atoms with van der Waals surface area (Å²) in [6, 6.07) is -1.42. The van der Waals surface area contributed by atoms with Crippen LogP contribution in [0.1, 0.15) is 139 Å². The molecule has 3 aliphatic rings. The lowest BCUT2D eigenvalue weighted by Crippen LogP contribution is -2.62. The average Bonchev–Trinajstić information content (AvgIpc) is 3.81. The fraction of sp³-hybridized carbons (Fsp3) is 0.769. The van der Waals surface area contributed by atoms with Gasteiger partial charge in [-0.25, -0.2) is 4.79 Å². The molecule has 3 unspecified atom stereocenters. The summed E-state index contributed by atoms with van der Waals surface area (Å²) in [7, 11) is 1.50. The zero-order valence-electron chi connectivity index (χ0n) is 33.5. The highest BCUT2D eigenvalue weighted by Gasteiger charge is 2.41. The van der Waals surface area contributed by atoms with E-state index in [9.17, 15) is 33.6 Å². The van der Waals surface area contributed by atoms with Crippen LogP contribution in [0.5, 0.6) is 0 Å². The van der Waals surface area contributed by atoms with Crippen molar-refractivity contribution in [3.8, 4) is 0 Å². The van der Waals surface area contributed by atoms with E-state index < -0.39 is 45.1 Å². The molecular formula is C39H68N6O7. The Kier molecular flexibility index (Phi) is 18.9. The van der Waals surface area contributed by atoms with E-state index in [2.05, 4.69) is 47.8 Å². The number of carbonyl (C=O) groups excluding carboxylic acids is 5. The maximum atomic E-state index is 13.4. The minimum absolute atomic E-state index is 0.0352. The maximum absolute atomic E-state index is 13.4. The Morgan fingerprint density at radius 2 is 1.50 bits per heavy atom. The number of aldehydes is 1. The van der Waals surface area contributed by atoms with Crippen molar-refractivity contribution in [2.75, 3.05) is 25.5 Å². The molecule has 0 bridgehead atoms. The number of rotatable bonds is 12. The number of nitrogens with two attached hydrogens (primary N) is 1. The van der Waals surface area contributed by atoms with Gasteiger partial charge in [-0.2, -0.15) is 0 Å². The van der Waals surface area contributed by atoms with Crippen molar-refractivity contribution >= 4 is 36.1 Å². The maximum Gasteiger partial charge on any atom is 0.315 e. The summed E-state index contributed by atoms with van der Waals surface area (Å²) in [6.45, 7) is 19.0. The van der Waals surface area contributed by atoms with Gasteiger partial charge in [0.25, 0.3) is 0 Å². The highest BCUT2D eigenvalue weighted by molar-refractivity contribution is 6.27. The number of urea groups is 1. The molecule has 6 N–H and O–H groups in total. The summed E-state index contributed by atoms with van der Waals surface area (Å²) in [6.07, 6.45) is 11.3. The van der Waals surface area contributed by atoms with Crippen LogP contribution in [0, 0.1) is 11.3 Å². The molecule has 1 aromatic carbocycles. The quantitative estimate of drug-likeness (QED) is 0.155. The molecule has 2 aliphatic carbocycles. The highest BCUT2D eigenvalue weighted by Crippen LogP contribution is 2.34. The molecule has 0 radical (unpaired) electrons. The minimum atomic E-state index is -0.641. The SMILES string of the molecule is CC1CCCN1C(=O)C(NC(=O)NC1(CNc2c(C(C)(C)C)c(=O)c2=O)CCCCC1)C(C)(C)C.CCC.CN.O=CNC(CC1CC1)C(=O)C=O. The van der Waals surface area contributed by atoms with Crippen LogP contribution in [0.25, 0.3) is 0 Å². The van der Waals surface area contributed by atoms with Crippen molar-refractivity contribution in [1.82, 2.24) is 20.9 Å². The van der Waals surface area contributed by atoms with Gasteiger partial charge in [0, 0.05) is 24.7 Å². The van der Waals surface area contributed by atoms with E-state index in [-0.39, 0.29) is 24.3 Å². The van der Waals surface area contributed by atoms with Crippen molar-refractivity contribution < 1.29 is 24.0 Å². The predicted octanol–water partition coefficient (Wildman–Crippen LogP) is 4.08. The summed E-state index contributed by atoms with van der Waals surface area (Å²) in [5.74, 6) is -0.0487. The van der Waals surface area contributed by atoms with Gasteiger partial charge in [-0.3, -0.25) is 28.8 Å². The van der Waals surface area contributed by atoms with Gasteiger partial charge in [0.05, 0.1) is 17.3 Å². The lowest BCUT2D eigenvalue weighted by atomic mass is 9.80. The van der Waals surface area contributed by atoms with Gasteiger partial charge in [-0.15, -0.1) is 0 Å². The van der Waals surface area contributed by atoms with E-state index in [0.29, 0.717) is 36.5 Å². The van der Waals surface area contributed by atoms with Crippen LogP contribution in [0.2, 0.25) is 0 Å². The molecule has 13 nitrogen and oxygen atoms in total. The monoisotopic (exact) mass is 733 g/mol. The highest BCUT2D eigenvalue weighted by atomic mass is 16.2. The number of likely N-dealkylation sites (tertiary alicyclic amines) is 1. The van der Waals surface area contributed by atoms with Crippen molar-refractivity contribution in [3.63, 3.8) is 0 Å². The van der Waals surface area contributed by atoms with Crippen LogP contribution in [0.15, 0.2) is 9.59 Å². The number of anilines is 1. The Bertz CT molecular complexity index is 1380. The Hall–Kier alpha value is -3.61. The molecule has 3 atom stereocenters. The van der Waals surface area contributed by atoms with Crippen LogP contribution in [0.4, 0.5) is 10.5 Å². The predicted molar refractivity (Wildman–Crippen MR) is 207 cm³/mol. The van der Waals surface area contributed by atoms with E-state index in [4.69, 9.17) is 0 Å². The van der Waals surface area contributed by atoms with Crippen LogP contribution >= 0.6 is 0 Å². The molecule has 3 fully saturated rings. The first kappa shape index (κ1) is 46.4. The number of amides is 4. The lowest BCUT2D eigenvalue weighted by Gasteiger charge is -2.40. The number of Topliss-reactive ketones (excluding diaryl/α,β-unsaturated/α-hetero) is 1. The number of hydrogen-bond acceptors (Lipinski definition) is 9. The summed E-state index contributed by atoms with van der Waals surface area (Å²) >= 11 is 0. The van der Waals surface area contributed by atoms with Crippen molar-refractivity contribution in [1.29, 1.82) is 0 Å². The fourth-order valence-electron chi connectivity index (χ4n) is 6.71. The molecule has 4 amide bonds. The molecule has 1 saturated heterocycles. The fourth-order valence-corrected chi connectivity index (χ4v) is 6.71. The first-order valence-corrected chi connectivity index (χ1v) is 19.1. The Labute approximate surface area is 311 Å². The number of carbonyl (C=O) groups is 5. The average molecular weight is 733 g/mol. The molecular weight excluding hydrogens is 664 g/mol. The number of hydrogen-bond donors (Lipinski definition) is 5. The Balaban J connectivity index is 0.000000660. The van der Waals surface area contributed by atoms with Crippen LogP contribution in [-0.4, -0.2) is 79.1 Å². The number of nitrogens with zero attached hydrogens (tertiary/aromatic N) is 1. The molecule has 2 saturated carbocycles. The summed E-state index contributed by atoms with van der Waals surface area (Å²) in [5.41, 5.74) is 3.07. The van der Waals surface area contributed by atoms with Crippen molar-refractivity contribution in [3.05, 3.63) is 26.0 Å². The van der Waals surface area contributed by atoms with Gasteiger partial charge in [0.1, 0.15) is 6.04 Å². The standard InChI is InChI=1S/C27H44N4O4.C8H11NO3.C3H8.CH5N/c1-17-12-11-15-31(17)23(34)22(26(5,6)7)29-24(35)30-27(13-9-8-10-14-27)16-28-19-18(25(2,3)4)20(32)21(19)33;10-4-8(12)7(9-5-11)3-6-1-2-6;1-3-2;1-2/h17,22,28H,8-16H2,1-7H3,(H2,29,30,35);4-7H,1-3H2,(H,9,11);3H2,1-2H3;2H2,1H3. The molecule has 296 valence electrons. The smallest absolute Gasteiger partial charge is 0.315 e. The third-order valence-corrected chi connectivity index (χ3v) is 9.67. The van der Waals surface area contributed by atoms with Gasteiger partial charge in [-0.1, -0.05) is 93.9 Å². The molecule has 52 heavy (non-hydrogen) atoms. The van der Waals surface area contributed by atoms with Crippen LogP contribution in [-0.2, 0) is 24.6 Å². The molecule has 0 aromatic heterocycles. The third-order valence-electron chi connectivity index (χ3n) is 9.67. The second-order valence-electron chi connectivity index (χ2n) is 16.5. The molecule has 4 rings (SSSR count). The molecule has 1 aromatic rings. The van der Waals surface area contributed by atoms with Gasteiger partial charge >= 0.3 is 6.03 Å². The first-order chi connectivity index (χ1) is 24.3. The summed E-state index contributed by atoms with van der Waals surface area (Å²) in [5, 5.41) is 11.7. The van der Waals surface area contributed by atoms with Crippen molar-refractivity contribution in [2.45, 2.75) is 162 Å². The molecule has 13 heteroatoms. The number of nitrogens with one attached hydrogen (secondary N) is 4. The number of ketones is 1. The Morgan fingerprint density at radius 1 is 0.923 bits per heavy atom. The Morgan fingerprint density at radius 3 is 1.94 bits per heavy atom. The van der Waals surface area contributed by atoms with E-state index in [1.165, 1.54) is 13.5 Å². The van der Waals surface area contributed by atoms with E-state index in [1.54, 1.807) is 0 Å². The van der Waals surface area contributed by atoms with E-state index in [0.717, 1.165) is 64.3 Å². The summed E-state index contributed by atoms with van der Waals surface area (Å²) in [4.78, 5) is 84.1. The lowest BCUT2D eigenvalue weighted by molar-refractivity contribution is -0.136. The largest absolute Gasteiger partial charge is 0.379 e. The topological polar surface area (TPSA) is 197 Å². The minimum Gasteiger partial charge on any atom is -0.379 e. The zero-order chi connectivity index (χ0) is 39.9. The molecule has 0 spiro atoms. The third kappa shape index (κ3) is 13.7.